The molecule has 9 heteroatoms. The van der Waals surface area contributed by atoms with E-state index in [1.54, 1.807) is 11.0 Å². The molecule has 1 fully saturated rings. The van der Waals surface area contributed by atoms with Crippen molar-refractivity contribution in [3.05, 3.63) is 45.6 Å². The van der Waals surface area contributed by atoms with Gasteiger partial charge in [0.1, 0.15) is 16.9 Å². The van der Waals surface area contributed by atoms with Crippen LogP contribution in [-0.4, -0.2) is 44.9 Å². The third-order valence-electron chi connectivity index (χ3n) is 3.94. The van der Waals surface area contributed by atoms with Gasteiger partial charge in [-0.25, -0.2) is 4.98 Å². The van der Waals surface area contributed by atoms with Crippen LogP contribution in [0.5, 0.6) is 5.88 Å². The van der Waals surface area contributed by atoms with E-state index < -0.39 is 10.8 Å². The third kappa shape index (κ3) is 3.93. The monoisotopic (exact) mass is 346 g/mol. The van der Waals surface area contributed by atoms with E-state index in [9.17, 15) is 14.9 Å². The zero-order valence-corrected chi connectivity index (χ0v) is 14.0. The third-order valence-corrected chi connectivity index (χ3v) is 3.94. The zero-order chi connectivity index (χ0) is 18.0. The Balaban J connectivity index is 1.57. The van der Waals surface area contributed by atoms with Crippen LogP contribution in [0.1, 0.15) is 34.9 Å². The van der Waals surface area contributed by atoms with Crippen molar-refractivity contribution in [2.45, 2.75) is 32.8 Å². The Kier molecular flexibility index (Phi) is 4.64. The summed E-state index contributed by atoms with van der Waals surface area (Å²) in [5.41, 5.74) is 0.842. The fourth-order valence-electron chi connectivity index (χ4n) is 2.79. The second-order valence-corrected chi connectivity index (χ2v) is 5.90. The van der Waals surface area contributed by atoms with Crippen LogP contribution in [0.2, 0.25) is 0 Å². The van der Waals surface area contributed by atoms with Crippen molar-refractivity contribution in [1.82, 2.24) is 14.9 Å². The molecular formula is C16H18N4O5. The summed E-state index contributed by atoms with van der Waals surface area (Å²) in [5, 5.41) is 10.6. The molecule has 0 spiro atoms. The lowest BCUT2D eigenvalue weighted by molar-refractivity contribution is -0.402. The maximum Gasteiger partial charge on any atom is 0.433 e. The molecule has 132 valence electrons. The number of carbonyl (C=O) groups is 1. The number of piperidine rings is 1. The van der Waals surface area contributed by atoms with Crippen molar-refractivity contribution in [2.75, 3.05) is 13.1 Å². The molecule has 0 atom stereocenters. The Hall–Kier alpha value is -2.97. The molecule has 1 saturated heterocycles. The summed E-state index contributed by atoms with van der Waals surface area (Å²) in [6, 6.07) is 4.30. The van der Waals surface area contributed by atoms with Crippen molar-refractivity contribution < 1.29 is 18.9 Å². The Labute approximate surface area is 143 Å². The molecule has 2 aromatic rings. The van der Waals surface area contributed by atoms with Crippen LogP contribution >= 0.6 is 0 Å². The molecular weight excluding hydrogens is 328 g/mol. The Bertz CT molecular complexity index is 775. The maximum atomic E-state index is 12.3. The highest BCUT2D eigenvalue weighted by molar-refractivity contribution is 5.91. The molecule has 25 heavy (non-hydrogen) atoms. The van der Waals surface area contributed by atoms with Gasteiger partial charge in [0.25, 0.3) is 5.91 Å². The summed E-state index contributed by atoms with van der Waals surface area (Å²) >= 11 is 0. The predicted molar refractivity (Wildman–Crippen MR) is 86.4 cm³/mol. The predicted octanol–water partition coefficient (Wildman–Crippen LogP) is 2.28. The number of furan rings is 1. The first-order valence-corrected chi connectivity index (χ1v) is 7.95. The molecule has 0 bridgehead atoms. The number of aromatic nitrogens is 2. The van der Waals surface area contributed by atoms with Crippen LogP contribution in [-0.2, 0) is 0 Å². The average molecular weight is 346 g/mol. The topological polar surface area (TPSA) is 112 Å². The summed E-state index contributed by atoms with van der Waals surface area (Å²) < 4.78 is 10.9. The lowest BCUT2D eigenvalue weighted by Gasteiger charge is -2.31. The van der Waals surface area contributed by atoms with Crippen LogP contribution in [0.25, 0.3) is 0 Å². The Morgan fingerprint density at radius 3 is 2.64 bits per heavy atom. The lowest BCUT2D eigenvalue weighted by Crippen LogP contribution is -2.41. The maximum absolute atomic E-state index is 12.3. The molecule has 0 saturated carbocycles. The SMILES string of the molecule is Cc1cc(OC2CCN(C(=O)c3ccc([N+](=O)[O-])o3)CC2)nc(C)n1. The van der Waals surface area contributed by atoms with Crippen LogP contribution in [0.3, 0.4) is 0 Å². The second kappa shape index (κ2) is 6.88. The highest BCUT2D eigenvalue weighted by Gasteiger charge is 2.28. The van der Waals surface area contributed by atoms with E-state index in [4.69, 9.17) is 9.15 Å². The Morgan fingerprint density at radius 2 is 2.04 bits per heavy atom. The number of hydrogen-bond donors (Lipinski definition) is 0. The first-order valence-electron chi connectivity index (χ1n) is 7.95. The lowest BCUT2D eigenvalue weighted by atomic mass is 10.1. The number of rotatable bonds is 4. The zero-order valence-electron chi connectivity index (χ0n) is 14.0. The second-order valence-electron chi connectivity index (χ2n) is 5.90. The van der Waals surface area contributed by atoms with E-state index in [2.05, 4.69) is 9.97 Å². The molecule has 9 nitrogen and oxygen atoms in total. The largest absolute Gasteiger partial charge is 0.474 e. The molecule has 1 aliphatic heterocycles. The Morgan fingerprint density at radius 1 is 1.32 bits per heavy atom. The molecule has 3 heterocycles. The molecule has 0 radical (unpaired) electrons. The van der Waals surface area contributed by atoms with Gasteiger partial charge in [-0.1, -0.05) is 0 Å². The minimum absolute atomic E-state index is 0.0203. The fourth-order valence-corrected chi connectivity index (χ4v) is 2.79. The van der Waals surface area contributed by atoms with Crippen LogP contribution in [0.15, 0.2) is 22.6 Å². The van der Waals surface area contributed by atoms with Gasteiger partial charge in [0.2, 0.25) is 5.88 Å². The van der Waals surface area contributed by atoms with Crippen LogP contribution in [0, 0.1) is 24.0 Å². The van der Waals surface area contributed by atoms with Crippen molar-refractivity contribution >= 4 is 11.8 Å². The van der Waals surface area contributed by atoms with Crippen molar-refractivity contribution in [3.8, 4) is 5.88 Å². The van der Waals surface area contributed by atoms with Crippen LogP contribution < -0.4 is 4.74 Å². The number of nitrogens with zero attached hydrogens (tertiary/aromatic N) is 4. The van der Waals surface area contributed by atoms with Gasteiger partial charge in [0.15, 0.2) is 5.76 Å². The fraction of sp³-hybridized carbons (Fsp3) is 0.438. The molecule has 0 unspecified atom stereocenters. The first kappa shape index (κ1) is 16.9. The highest BCUT2D eigenvalue weighted by atomic mass is 16.6. The highest BCUT2D eigenvalue weighted by Crippen LogP contribution is 2.22. The number of likely N-dealkylation sites (tertiary alicyclic amines) is 1. The first-order chi connectivity index (χ1) is 11.9. The molecule has 1 amide bonds. The normalized spacial score (nSPS) is 15.2. The standard InChI is InChI=1S/C16H18N4O5/c1-10-9-14(18-11(2)17-10)24-12-5-7-19(8-6-12)16(21)13-3-4-15(25-13)20(22)23/h3-4,9,12H,5-8H2,1-2H3. The van der Waals surface area contributed by atoms with E-state index in [-0.39, 0.29) is 17.8 Å². The molecule has 0 aliphatic carbocycles. The van der Waals surface area contributed by atoms with Crippen molar-refractivity contribution in [1.29, 1.82) is 0 Å². The smallest absolute Gasteiger partial charge is 0.433 e. The van der Waals surface area contributed by atoms with Gasteiger partial charge in [-0.15, -0.1) is 0 Å². The number of aryl methyl sites for hydroxylation is 2. The summed E-state index contributed by atoms with van der Waals surface area (Å²) in [6.45, 7) is 4.66. The van der Waals surface area contributed by atoms with Crippen molar-refractivity contribution in [2.24, 2.45) is 0 Å². The van der Waals surface area contributed by atoms with Gasteiger partial charge in [-0.3, -0.25) is 14.9 Å². The van der Waals surface area contributed by atoms with E-state index in [0.717, 1.165) is 5.69 Å². The molecule has 1 aliphatic rings. The van der Waals surface area contributed by atoms with Crippen molar-refractivity contribution in [3.63, 3.8) is 0 Å². The van der Waals surface area contributed by atoms with E-state index in [0.29, 0.717) is 37.6 Å². The average Bonchev–Trinajstić information content (AvgIpc) is 3.04. The van der Waals surface area contributed by atoms with Gasteiger partial charge in [-0.05, 0) is 19.9 Å². The number of amides is 1. The summed E-state index contributed by atoms with van der Waals surface area (Å²) in [5.74, 6) is 0.392. The summed E-state index contributed by atoms with van der Waals surface area (Å²) in [4.78, 5) is 32.4. The van der Waals surface area contributed by atoms with Gasteiger partial charge < -0.3 is 14.1 Å². The van der Waals surface area contributed by atoms with Gasteiger partial charge in [0.05, 0.1) is 6.07 Å². The molecule has 3 rings (SSSR count). The van der Waals surface area contributed by atoms with E-state index in [1.165, 1.54) is 12.1 Å². The molecule has 2 aromatic heterocycles. The number of hydrogen-bond acceptors (Lipinski definition) is 7. The van der Waals surface area contributed by atoms with Gasteiger partial charge in [-0.2, -0.15) is 4.98 Å². The summed E-state index contributed by atoms with van der Waals surface area (Å²) in [6.07, 6.45) is 1.26. The number of nitro groups is 1. The molecule has 0 N–H and O–H groups in total. The van der Waals surface area contributed by atoms with Crippen LogP contribution in [0.4, 0.5) is 5.88 Å². The summed E-state index contributed by atoms with van der Waals surface area (Å²) in [7, 11) is 0. The van der Waals surface area contributed by atoms with E-state index >= 15 is 0 Å². The van der Waals surface area contributed by atoms with E-state index in [1.807, 2.05) is 13.8 Å². The van der Waals surface area contributed by atoms with Gasteiger partial charge >= 0.3 is 5.88 Å². The quantitative estimate of drug-likeness (QED) is 0.616. The van der Waals surface area contributed by atoms with Gasteiger partial charge in [0, 0.05) is 37.7 Å². The minimum Gasteiger partial charge on any atom is -0.474 e. The number of ether oxygens (including phenoxy) is 1. The molecule has 0 aromatic carbocycles. The minimum atomic E-state index is -0.664. The number of carbonyl (C=O) groups excluding carboxylic acids is 1.